The van der Waals surface area contributed by atoms with Gasteiger partial charge in [-0.15, -0.1) is 0 Å². The van der Waals surface area contributed by atoms with E-state index in [0.717, 1.165) is 5.03 Å². The number of hydrogen-bond acceptors (Lipinski definition) is 4. The van der Waals surface area contributed by atoms with Crippen molar-refractivity contribution in [3.8, 4) is 0 Å². The molecule has 1 unspecified atom stereocenters. The molecule has 8 heavy (non-hydrogen) atoms. The van der Waals surface area contributed by atoms with Crippen molar-refractivity contribution >= 4 is 34.6 Å². The van der Waals surface area contributed by atoms with Gasteiger partial charge in [0, 0.05) is 6.20 Å². The molecule has 1 rings (SSSR count). The van der Waals surface area contributed by atoms with E-state index >= 15 is 0 Å². The molecule has 0 saturated carbocycles. The molecule has 3 nitrogen and oxygen atoms in total. The summed E-state index contributed by atoms with van der Waals surface area (Å²) in [6.07, 6.45) is 1.86. The summed E-state index contributed by atoms with van der Waals surface area (Å²) in [4.78, 5) is 0. The van der Waals surface area contributed by atoms with Gasteiger partial charge in [-0.1, -0.05) is 11.8 Å². The lowest BCUT2D eigenvalue weighted by atomic mass is 10.9. The molecule has 0 saturated heterocycles. The van der Waals surface area contributed by atoms with Crippen molar-refractivity contribution in [3.63, 3.8) is 0 Å². The topological polar surface area (TPSA) is 50.1 Å². The second kappa shape index (κ2) is 2.79. The summed E-state index contributed by atoms with van der Waals surface area (Å²) in [6, 6.07) is 0. The fourth-order valence-corrected chi connectivity index (χ4v) is 1.54. The van der Waals surface area contributed by atoms with E-state index in [1.807, 2.05) is 6.20 Å². The van der Waals surface area contributed by atoms with Crippen molar-refractivity contribution in [2.45, 2.75) is 5.50 Å². The zero-order valence-corrected chi connectivity index (χ0v) is 6.99. The molecule has 0 aromatic rings. The third kappa shape index (κ3) is 1.43. The van der Waals surface area contributed by atoms with Gasteiger partial charge in [0.05, 0.1) is 27.9 Å². The summed E-state index contributed by atoms with van der Waals surface area (Å²) in [6.45, 7) is 0. The van der Waals surface area contributed by atoms with Gasteiger partial charge in [0.15, 0.2) is 0 Å². The highest BCUT2D eigenvalue weighted by atomic mass is 127. The minimum absolute atomic E-state index is 0.0345. The summed E-state index contributed by atoms with van der Waals surface area (Å²) < 4.78 is 2.95. The standard InChI is InChI=1S/C3H6IN3S/c4-7-2-1-6-3(5)8-2/h1,3,6-7H,5H2. The minimum Gasteiger partial charge on any atom is -0.365 e. The number of nitrogens with two attached hydrogens (primary N) is 1. The average Bonchev–Trinajstić information content (AvgIpc) is 2.14. The molecule has 0 bridgehead atoms. The number of halogens is 1. The van der Waals surface area contributed by atoms with E-state index in [1.54, 1.807) is 11.8 Å². The van der Waals surface area contributed by atoms with Crippen LogP contribution in [-0.4, -0.2) is 5.50 Å². The molecule has 0 aliphatic carbocycles. The summed E-state index contributed by atoms with van der Waals surface area (Å²) in [5, 5.41) is 4.01. The molecule has 46 valence electrons. The summed E-state index contributed by atoms with van der Waals surface area (Å²) in [7, 11) is 0. The lowest BCUT2D eigenvalue weighted by molar-refractivity contribution is 0.836. The van der Waals surface area contributed by atoms with E-state index in [1.165, 1.54) is 0 Å². The van der Waals surface area contributed by atoms with Gasteiger partial charge >= 0.3 is 0 Å². The van der Waals surface area contributed by atoms with Gasteiger partial charge in [-0.05, 0) is 0 Å². The molecule has 0 aromatic heterocycles. The third-order valence-electron chi connectivity index (χ3n) is 0.726. The first-order chi connectivity index (χ1) is 3.83. The van der Waals surface area contributed by atoms with Crippen molar-refractivity contribution in [3.05, 3.63) is 11.2 Å². The number of rotatable bonds is 1. The first kappa shape index (κ1) is 6.50. The van der Waals surface area contributed by atoms with Crippen LogP contribution in [0.5, 0.6) is 0 Å². The van der Waals surface area contributed by atoms with Gasteiger partial charge in [-0.3, -0.25) is 0 Å². The fraction of sp³-hybridized carbons (Fsp3) is 0.333. The van der Waals surface area contributed by atoms with Crippen LogP contribution < -0.4 is 14.6 Å². The second-order valence-corrected chi connectivity index (χ2v) is 3.03. The summed E-state index contributed by atoms with van der Waals surface area (Å²) in [5.74, 6) is 0. The lowest BCUT2D eigenvalue weighted by Crippen LogP contribution is -2.25. The monoisotopic (exact) mass is 243 g/mol. The molecule has 0 aromatic carbocycles. The van der Waals surface area contributed by atoms with Gasteiger partial charge in [-0.25, -0.2) is 0 Å². The maximum Gasteiger partial charge on any atom is 0.128 e. The van der Waals surface area contributed by atoms with E-state index < -0.39 is 0 Å². The van der Waals surface area contributed by atoms with Crippen molar-refractivity contribution in [2.24, 2.45) is 5.73 Å². The van der Waals surface area contributed by atoms with Gasteiger partial charge in [0.1, 0.15) is 5.50 Å². The molecular formula is C3H6IN3S. The van der Waals surface area contributed by atoms with Crippen LogP contribution in [0.25, 0.3) is 0 Å². The van der Waals surface area contributed by atoms with Crippen LogP contribution in [0.4, 0.5) is 0 Å². The molecule has 0 amide bonds. The van der Waals surface area contributed by atoms with E-state index in [0.29, 0.717) is 0 Å². The molecule has 4 N–H and O–H groups in total. The predicted molar refractivity (Wildman–Crippen MR) is 43.9 cm³/mol. The highest BCUT2D eigenvalue weighted by molar-refractivity contribution is 14.1. The molecule has 1 aliphatic rings. The quantitative estimate of drug-likeness (QED) is 0.458. The van der Waals surface area contributed by atoms with E-state index in [9.17, 15) is 0 Å². The zero-order chi connectivity index (χ0) is 5.98. The molecule has 0 radical (unpaired) electrons. The Balaban J connectivity index is 2.37. The van der Waals surface area contributed by atoms with Crippen LogP contribution in [-0.2, 0) is 0 Å². The van der Waals surface area contributed by atoms with Gasteiger partial charge < -0.3 is 14.6 Å². The molecule has 0 fully saturated rings. The highest BCUT2D eigenvalue weighted by Crippen LogP contribution is 2.19. The van der Waals surface area contributed by atoms with Crippen molar-refractivity contribution in [2.75, 3.05) is 0 Å². The lowest BCUT2D eigenvalue weighted by Gasteiger charge is -1.99. The Kier molecular flexibility index (Phi) is 2.27. The Bertz CT molecular complexity index is 115. The molecule has 1 heterocycles. The largest absolute Gasteiger partial charge is 0.365 e. The Morgan fingerprint density at radius 3 is 3.00 bits per heavy atom. The number of hydrogen-bond donors (Lipinski definition) is 3. The Hall–Kier alpha value is 0.380. The van der Waals surface area contributed by atoms with Crippen LogP contribution in [0.2, 0.25) is 0 Å². The van der Waals surface area contributed by atoms with Crippen LogP contribution in [0, 0.1) is 0 Å². The number of thioether (sulfide) groups is 1. The first-order valence-electron chi connectivity index (χ1n) is 2.08. The fourth-order valence-electron chi connectivity index (χ4n) is 0.412. The Labute approximate surface area is 66.0 Å². The van der Waals surface area contributed by atoms with Crippen molar-refractivity contribution < 1.29 is 0 Å². The van der Waals surface area contributed by atoms with Crippen LogP contribution in [0.3, 0.4) is 0 Å². The first-order valence-corrected chi connectivity index (χ1v) is 4.04. The molecule has 1 aliphatic heterocycles. The van der Waals surface area contributed by atoms with Crippen molar-refractivity contribution in [1.29, 1.82) is 0 Å². The second-order valence-electron chi connectivity index (χ2n) is 1.31. The van der Waals surface area contributed by atoms with E-state index in [4.69, 9.17) is 5.73 Å². The van der Waals surface area contributed by atoms with Crippen molar-refractivity contribution in [1.82, 2.24) is 8.85 Å². The van der Waals surface area contributed by atoms with Gasteiger partial charge in [-0.2, -0.15) is 0 Å². The highest BCUT2D eigenvalue weighted by Gasteiger charge is 2.09. The smallest absolute Gasteiger partial charge is 0.128 e. The average molecular weight is 243 g/mol. The third-order valence-corrected chi connectivity index (χ3v) is 2.54. The predicted octanol–water partition coefficient (Wildman–Crippen LogP) is 0.304. The van der Waals surface area contributed by atoms with E-state index in [-0.39, 0.29) is 5.50 Å². The minimum atomic E-state index is 0.0345. The van der Waals surface area contributed by atoms with Crippen LogP contribution >= 0.6 is 34.6 Å². The molecular weight excluding hydrogens is 237 g/mol. The Morgan fingerprint density at radius 1 is 2.00 bits per heavy atom. The molecule has 5 heteroatoms. The maximum atomic E-state index is 5.46. The van der Waals surface area contributed by atoms with Gasteiger partial charge in [0.25, 0.3) is 0 Å². The van der Waals surface area contributed by atoms with Gasteiger partial charge in [0.2, 0.25) is 0 Å². The normalized spacial score (nSPS) is 26.8. The Morgan fingerprint density at radius 2 is 2.75 bits per heavy atom. The summed E-state index contributed by atoms with van der Waals surface area (Å²) in [5.41, 5.74) is 5.49. The SMILES string of the molecule is NC1NC=C(NI)S1. The molecule has 1 atom stereocenters. The maximum absolute atomic E-state index is 5.46. The van der Waals surface area contributed by atoms with Crippen LogP contribution in [0.15, 0.2) is 11.2 Å². The van der Waals surface area contributed by atoms with Crippen LogP contribution in [0.1, 0.15) is 0 Å². The van der Waals surface area contributed by atoms with E-state index in [2.05, 4.69) is 31.7 Å². The summed E-state index contributed by atoms with van der Waals surface area (Å²) >= 11 is 3.64. The molecule has 0 spiro atoms. The zero-order valence-electron chi connectivity index (χ0n) is 4.02. The number of nitrogens with one attached hydrogen (secondary N) is 2.